The van der Waals surface area contributed by atoms with Crippen LogP contribution in [0.4, 0.5) is 0 Å². The molecule has 2 unspecified atom stereocenters. The van der Waals surface area contributed by atoms with Gasteiger partial charge < -0.3 is 18.8 Å². The van der Waals surface area contributed by atoms with Crippen LogP contribution >= 0.6 is 0 Å². The standard InChI is InChI=1S/C18H16N2O3/c1-21-16-9-5-2-6-13(16)18-17-19-14-7-3-4-8-15(14)20(17)10-12(23-18)11-22-18/h2-9,12H,10-11H2,1H3. The van der Waals surface area contributed by atoms with Crippen molar-refractivity contribution in [2.75, 3.05) is 13.7 Å². The average molecular weight is 308 g/mol. The van der Waals surface area contributed by atoms with Crippen LogP contribution in [0.3, 0.4) is 0 Å². The van der Waals surface area contributed by atoms with Crippen molar-refractivity contribution in [1.29, 1.82) is 0 Å². The molecule has 1 aromatic heterocycles. The van der Waals surface area contributed by atoms with Gasteiger partial charge in [0.15, 0.2) is 5.82 Å². The molecule has 2 aliphatic rings. The van der Waals surface area contributed by atoms with Gasteiger partial charge >= 0.3 is 0 Å². The van der Waals surface area contributed by atoms with Gasteiger partial charge in [0.05, 0.1) is 36.9 Å². The number of rotatable bonds is 2. The molecule has 116 valence electrons. The number of para-hydroxylation sites is 3. The molecule has 2 aliphatic heterocycles. The number of hydrogen-bond acceptors (Lipinski definition) is 4. The maximum absolute atomic E-state index is 6.28. The first-order valence-electron chi connectivity index (χ1n) is 7.73. The van der Waals surface area contributed by atoms with Gasteiger partial charge in [-0.1, -0.05) is 24.3 Å². The summed E-state index contributed by atoms with van der Waals surface area (Å²) in [5, 5.41) is 0. The second-order valence-corrected chi connectivity index (χ2v) is 5.90. The first-order valence-corrected chi connectivity index (χ1v) is 7.73. The lowest BCUT2D eigenvalue weighted by Gasteiger charge is -2.33. The molecule has 3 aromatic rings. The number of fused-ring (bicyclic) bond motifs is 6. The summed E-state index contributed by atoms with van der Waals surface area (Å²) in [6.07, 6.45) is 0.0185. The second kappa shape index (κ2) is 4.57. The predicted octanol–water partition coefficient (Wildman–Crippen LogP) is 2.68. The summed E-state index contributed by atoms with van der Waals surface area (Å²) in [5.41, 5.74) is 2.93. The minimum atomic E-state index is -0.992. The van der Waals surface area contributed by atoms with Crippen LogP contribution in [0.2, 0.25) is 0 Å². The third-order valence-corrected chi connectivity index (χ3v) is 4.60. The predicted molar refractivity (Wildman–Crippen MR) is 84.3 cm³/mol. The third-order valence-electron chi connectivity index (χ3n) is 4.60. The van der Waals surface area contributed by atoms with E-state index in [1.165, 1.54) is 0 Å². The van der Waals surface area contributed by atoms with Gasteiger partial charge in [-0.2, -0.15) is 0 Å². The molecule has 2 bridgehead atoms. The normalized spacial score (nSPS) is 25.5. The Hall–Kier alpha value is -2.37. The van der Waals surface area contributed by atoms with Gasteiger partial charge in [-0.3, -0.25) is 0 Å². The van der Waals surface area contributed by atoms with Crippen LogP contribution in [0.15, 0.2) is 48.5 Å². The van der Waals surface area contributed by atoms with Gasteiger partial charge in [-0.05, 0) is 24.3 Å². The lowest BCUT2D eigenvalue weighted by molar-refractivity contribution is -0.163. The Balaban J connectivity index is 1.82. The smallest absolute Gasteiger partial charge is 0.260 e. The van der Waals surface area contributed by atoms with Crippen LogP contribution in [0, 0.1) is 0 Å². The van der Waals surface area contributed by atoms with E-state index < -0.39 is 5.79 Å². The average Bonchev–Trinajstić information content (AvgIpc) is 3.16. The summed E-state index contributed by atoms with van der Waals surface area (Å²) in [6.45, 7) is 1.31. The summed E-state index contributed by atoms with van der Waals surface area (Å²) < 4.78 is 20.2. The van der Waals surface area contributed by atoms with Crippen LogP contribution in [-0.4, -0.2) is 29.4 Å². The monoisotopic (exact) mass is 308 g/mol. The fraction of sp³-hybridized carbons (Fsp3) is 0.278. The summed E-state index contributed by atoms with van der Waals surface area (Å²) in [7, 11) is 1.66. The van der Waals surface area contributed by atoms with E-state index in [1.54, 1.807) is 7.11 Å². The molecule has 1 fully saturated rings. The van der Waals surface area contributed by atoms with Crippen LogP contribution in [0.25, 0.3) is 11.0 Å². The maximum Gasteiger partial charge on any atom is 0.260 e. The summed E-state index contributed by atoms with van der Waals surface area (Å²) in [4.78, 5) is 4.81. The van der Waals surface area contributed by atoms with Crippen LogP contribution in [0.5, 0.6) is 5.75 Å². The molecule has 1 saturated heterocycles. The second-order valence-electron chi connectivity index (χ2n) is 5.90. The summed E-state index contributed by atoms with van der Waals surface area (Å²) in [6, 6.07) is 16.0. The molecule has 5 heteroatoms. The third kappa shape index (κ3) is 1.66. The van der Waals surface area contributed by atoms with Gasteiger partial charge in [0.1, 0.15) is 11.9 Å². The van der Waals surface area contributed by atoms with Gasteiger partial charge in [-0.15, -0.1) is 0 Å². The van der Waals surface area contributed by atoms with Gasteiger partial charge in [-0.25, -0.2) is 4.98 Å². The highest BCUT2D eigenvalue weighted by Crippen LogP contribution is 2.47. The van der Waals surface area contributed by atoms with Crippen LogP contribution < -0.4 is 4.74 Å². The molecule has 5 rings (SSSR count). The maximum atomic E-state index is 6.28. The molecule has 0 amide bonds. The molecule has 3 heterocycles. The Kier molecular flexibility index (Phi) is 2.60. The zero-order chi connectivity index (χ0) is 15.4. The molecule has 2 aromatic carbocycles. The van der Waals surface area contributed by atoms with E-state index in [1.807, 2.05) is 42.5 Å². The molecule has 2 atom stereocenters. The molecular formula is C18H16N2O3. The fourth-order valence-corrected chi connectivity index (χ4v) is 3.61. The Bertz CT molecular complexity index is 904. The minimum absolute atomic E-state index is 0.0185. The molecule has 0 aliphatic carbocycles. The highest BCUT2D eigenvalue weighted by Gasteiger charge is 2.53. The van der Waals surface area contributed by atoms with E-state index >= 15 is 0 Å². The molecule has 0 N–H and O–H groups in total. The first-order chi connectivity index (χ1) is 11.3. The van der Waals surface area contributed by atoms with Crippen molar-refractivity contribution in [3.63, 3.8) is 0 Å². The quantitative estimate of drug-likeness (QED) is 0.730. The van der Waals surface area contributed by atoms with Crippen molar-refractivity contribution < 1.29 is 14.2 Å². The van der Waals surface area contributed by atoms with E-state index in [9.17, 15) is 0 Å². The van der Waals surface area contributed by atoms with Crippen LogP contribution in [-0.2, 0) is 21.8 Å². The van der Waals surface area contributed by atoms with Gasteiger partial charge in [0.2, 0.25) is 0 Å². The number of benzene rings is 2. The number of methoxy groups -OCH3 is 1. The number of ether oxygens (including phenoxy) is 3. The SMILES string of the molecule is COc1ccccc1C12OCC(Cn3c1nc1ccccc13)O2. The van der Waals surface area contributed by atoms with Crippen LogP contribution in [0.1, 0.15) is 11.4 Å². The lowest BCUT2D eigenvalue weighted by Crippen LogP contribution is -2.38. The Morgan fingerprint density at radius 2 is 2.00 bits per heavy atom. The molecule has 0 spiro atoms. The summed E-state index contributed by atoms with van der Waals surface area (Å²) in [5.74, 6) is 0.541. The molecule has 0 radical (unpaired) electrons. The largest absolute Gasteiger partial charge is 0.496 e. The Morgan fingerprint density at radius 1 is 1.17 bits per heavy atom. The van der Waals surface area contributed by atoms with Crippen molar-refractivity contribution in [3.05, 3.63) is 59.9 Å². The van der Waals surface area contributed by atoms with Crippen molar-refractivity contribution in [2.24, 2.45) is 0 Å². The summed E-state index contributed by atoms with van der Waals surface area (Å²) >= 11 is 0. The minimum Gasteiger partial charge on any atom is -0.496 e. The zero-order valence-electron chi connectivity index (χ0n) is 12.7. The van der Waals surface area contributed by atoms with Crippen molar-refractivity contribution in [2.45, 2.75) is 18.4 Å². The molecule has 5 nitrogen and oxygen atoms in total. The number of aromatic nitrogens is 2. The van der Waals surface area contributed by atoms with E-state index in [4.69, 9.17) is 19.2 Å². The fourth-order valence-electron chi connectivity index (χ4n) is 3.61. The molecular weight excluding hydrogens is 292 g/mol. The van der Waals surface area contributed by atoms with Crippen molar-refractivity contribution >= 4 is 11.0 Å². The highest BCUT2D eigenvalue weighted by atomic mass is 16.7. The van der Waals surface area contributed by atoms with Crippen molar-refractivity contribution in [3.8, 4) is 5.75 Å². The first kappa shape index (κ1) is 13.1. The number of imidazole rings is 1. The zero-order valence-corrected chi connectivity index (χ0v) is 12.7. The Morgan fingerprint density at radius 3 is 2.91 bits per heavy atom. The number of hydrogen-bond donors (Lipinski definition) is 0. The molecule has 0 saturated carbocycles. The van der Waals surface area contributed by atoms with Gasteiger partial charge in [0, 0.05) is 0 Å². The van der Waals surface area contributed by atoms with E-state index in [2.05, 4.69) is 10.6 Å². The Labute approximate surface area is 133 Å². The topological polar surface area (TPSA) is 45.5 Å². The van der Waals surface area contributed by atoms with E-state index in [0.717, 1.165) is 34.7 Å². The van der Waals surface area contributed by atoms with Gasteiger partial charge in [0.25, 0.3) is 5.79 Å². The van der Waals surface area contributed by atoms with E-state index in [0.29, 0.717) is 6.61 Å². The molecule has 23 heavy (non-hydrogen) atoms. The lowest BCUT2D eigenvalue weighted by atomic mass is 10.0. The van der Waals surface area contributed by atoms with Crippen molar-refractivity contribution in [1.82, 2.24) is 9.55 Å². The highest BCUT2D eigenvalue weighted by molar-refractivity contribution is 5.76. The number of nitrogens with zero attached hydrogens (tertiary/aromatic N) is 2. The van der Waals surface area contributed by atoms with E-state index in [-0.39, 0.29) is 6.10 Å².